The molecule has 2 aliphatic rings. The van der Waals surface area contributed by atoms with E-state index in [1.807, 2.05) is 25.7 Å². The van der Waals surface area contributed by atoms with E-state index in [0.717, 1.165) is 25.9 Å². The maximum atomic E-state index is 11.9. The van der Waals surface area contributed by atoms with Crippen LogP contribution in [0.2, 0.25) is 0 Å². The first-order valence-electron chi connectivity index (χ1n) is 7.34. The molecule has 0 aromatic heterocycles. The lowest BCUT2D eigenvalue weighted by atomic mass is 10.1. The molecule has 0 unspecified atom stereocenters. The van der Waals surface area contributed by atoms with Crippen LogP contribution < -0.4 is 5.32 Å². The first-order valence-corrected chi connectivity index (χ1v) is 7.34. The maximum Gasteiger partial charge on any atom is 0.410 e. The van der Waals surface area contributed by atoms with Crippen molar-refractivity contribution in [3.63, 3.8) is 0 Å². The highest BCUT2D eigenvalue weighted by molar-refractivity contribution is 5.78. The van der Waals surface area contributed by atoms with Gasteiger partial charge in [-0.1, -0.05) is 0 Å². The van der Waals surface area contributed by atoms with Crippen molar-refractivity contribution in [1.82, 2.24) is 15.1 Å². The van der Waals surface area contributed by atoms with E-state index in [1.165, 1.54) is 0 Å². The van der Waals surface area contributed by atoms with Crippen LogP contribution in [-0.4, -0.2) is 66.2 Å². The van der Waals surface area contributed by atoms with Crippen molar-refractivity contribution < 1.29 is 14.3 Å². The predicted octanol–water partition coefficient (Wildman–Crippen LogP) is 0.818. The lowest BCUT2D eigenvalue weighted by Crippen LogP contribution is -2.61. The van der Waals surface area contributed by atoms with Gasteiger partial charge in [0.15, 0.2) is 0 Å². The van der Waals surface area contributed by atoms with Gasteiger partial charge in [0, 0.05) is 32.2 Å². The molecule has 0 aliphatic carbocycles. The van der Waals surface area contributed by atoms with Gasteiger partial charge in [0.2, 0.25) is 5.91 Å². The van der Waals surface area contributed by atoms with Crippen molar-refractivity contribution in [3.05, 3.63) is 0 Å². The third-order valence-electron chi connectivity index (χ3n) is 3.53. The lowest BCUT2D eigenvalue weighted by molar-refractivity contribution is -0.129. The summed E-state index contributed by atoms with van der Waals surface area (Å²) < 4.78 is 5.28. The Labute approximate surface area is 120 Å². The van der Waals surface area contributed by atoms with Crippen molar-refractivity contribution in [2.45, 2.75) is 45.3 Å². The maximum absolute atomic E-state index is 11.9. The highest BCUT2D eigenvalue weighted by Crippen LogP contribution is 2.15. The second-order valence-corrected chi connectivity index (χ2v) is 6.55. The average Bonchev–Trinajstić information content (AvgIpc) is 2.77. The summed E-state index contributed by atoms with van der Waals surface area (Å²) in [5.41, 5.74) is -0.457. The van der Waals surface area contributed by atoms with Crippen LogP contribution in [0, 0.1) is 0 Å². The van der Waals surface area contributed by atoms with Gasteiger partial charge < -0.3 is 19.9 Å². The standard InChI is InChI=1S/C14H25N3O3/c1-14(2,3)20-13(19)17-9-11(10-17)15-8-12(18)16-6-4-5-7-16/h11,15H,4-10H2,1-3H3. The van der Waals surface area contributed by atoms with Crippen molar-refractivity contribution in [2.75, 3.05) is 32.7 Å². The molecule has 0 atom stereocenters. The molecule has 0 spiro atoms. The highest BCUT2D eigenvalue weighted by atomic mass is 16.6. The SMILES string of the molecule is CC(C)(C)OC(=O)N1CC(NCC(=O)N2CCCC2)C1. The van der Waals surface area contributed by atoms with Gasteiger partial charge in [-0.25, -0.2) is 4.79 Å². The zero-order chi connectivity index (χ0) is 14.8. The van der Waals surface area contributed by atoms with Gasteiger partial charge in [0.05, 0.1) is 6.54 Å². The fourth-order valence-corrected chi connectivity index (χ4v) is 2.39. The van der Waals surface area contributed by atoms with Gasteiger partial charge in [-0.2, -0.15) is 0 Å². The third kappa shape index (κ3) is 4.10. The summed E-state index contributed by atoms with van der Waals surface area (Å²) in [6, 6.07) is 0.203. The van der Waals surface area contributed by atoms with Gasteiger partial charge in [0.1, 0.15) is 5.60 Å². The molecule has 20 heavy (non-hydrogen) atoms. The van der Waals surface area contributed by atoms with Crippen molar-refractivity contribution in [2.24, 2.45) is 0 Å². The van der Waals surface area contributed by atoms with E-state index in [-0.39, 0.29) is 18.0 Å². The number of likely N-dealkylation sites (tertiary alicyclic amines) is 2. The first-order chi connectivity index (χ1) is 9.35. The van der Waals surface area contributed by atoms with Crippen LogP contribution in [0.15, 0.2) is 0 Å². The van der Waals surface area contributed by atoms with Crippen molar-refractivity contribution in [3.8, 4) is 0 Å². The fourth-order valence-electron chi connectivity index (χ4n) is 2.39. The normalized spacial score (nSPS) is 19.9. The molecule has 2 amide bonds. The molecular weight excluding hydrogens is 258 g/mol. The van der Waals surface area contributed by atoms with Crippen molar-refractivity contribution >= 4 is 12.0 Å². The number of ether oxygens (including phenoxy) is 1. The number of hydrogen-bond acceptors (Lipinski definition) is 4. The molecule has 2 aliphatic heterocycles. The summed E-state index contributed by atoms with van der Waals surface area (Å²) in [6.07, 6.45) is 1.95. The lowest BCUT2D eigenvalue weighted by Gasteiger charge is -2.40. The van der Waals surface area contributed by atoms with E-state index in [1.54, 1.807) is 4.90 Å². The number of amides is 2. The smallest absolute Gasteiger partial charge is 0.410 e. The first kappa shape index (κ1) is 15.1. The zero-order valence-corrected chi connectivity index (χ0v) is 12.6. The Hall–Kier alpha value is -1.30. The Balaban J connectivity index is 1.62. The Morgan fingerprint density at radius 2 is 1.75 bits per heavy atom. The Morgan fingerprint density at radius 3 is 2.30 bits per heavy atom. The van der Waals surface area contributed by atoms with Crippen LogP contribution in [0.5, 0.6) is 0 Å². The molecule has 0 aromatic carbocycles. The minimum absolute atomic E-state index is 0.165. The summed E-state index contributed by atoms with van der Waals surface area (Å²) >= 11 is 0. The van der Waals surface area contributed by atoms with Gasteiger partial charge in [-0.15, -0.1) is 0 Å². The quantitative estimate of drug-likeness (QED) is 0.833. The number of carbonyl (C=O) groups excluding carboxylic acids is 2. The van der Waals surface area contributed by atoms with Gasteiger partial charge in [0.25, 0.3) is 0 Å². The van der Waals surface area contributed by atoms with Gasteiger partial charge in [-0.05, 0) is 33.6 Å². The summed E-state index contributed by atoms with van der Waals surface area (Å²) in [4.78, 5) is 27.1. The molecule has 6 heteroatoms. The predicted molar refractivity (Wildman–Crippen MR) is 75.4 cm³/mol. The van der Waals surface area contributed by atoms with E-state index in [9.17, 15) is 9.59 Å². The van der Waals surface area contributed by atoms with Crippen LogP contribution in [0.3, 0.4) is 0 Å². The van der Waals surface area contributed by atoms with Gasteiger partial charge in [-0.3, -0.25) is 4.79 Å². The fraction of sp³-hybridized carbons (Fsp3) is 0.857. The molecule has 0 saturated carbocycles. The molecule has 2 fully saturated rings. The van der Waals surface area contributed by atoms with Crippen molar-refractivity contribution in [1.29, 1.82) is 0 Å². The van der Waals surface area contributed by atoms with Gasteiger partial charge >= 0.3 is 6.09 Å². The number of carbonyl (C=O) groups is 2. The molecular formula is C14H25N3O3. The Bertz CT molecular complexity index is 366. The largest absolute Gasteiger partial charge is 0.444 e. The average molecular weight is 283 g/mol. The van der Waals surface area contributed by atoms with Crippen LogP contribution in [0.4, 0.5) is 4.79 Å². The van der Waals surface area contributed by atoms with Crippen LogP contribution >= 0.6 is 0 Å². The number of rotatable bonds is 3. The number of nitrogens with one attached hydrogen (secondary N) is 1. The minimum atomic E-state index is -0.457. The molecule has 6 nitrogen and oxygen atoms in total. The second-order valence-electron chi connectivity index (χ2n) is 6.55. The van der Waals surface area contributed by atoms with Crippen LogP contribution in [0.1, 0.15) is 33.6 Å². The summed E-state index contributed by atoms with van der Waals surface area (Å²) in [5.74, 6) is 0.165. The molecule has 0 radical (unpaired) electrons. The Morgan fingerprint density at radius 1 is 1.15 bits per heavy atom. The van der Waals surface area contributed by atoms with Crippen LogP contribution in [0.25, 0.3) is 0 Å². The monoisotopic (exact) mass is 283 g/mol. The number of nitrogens with zero attached hydrogens (tertiary/aromatic N) is 2. The van der Waals surface area contributed by atoms with E-state index in [0.29, 0.717) is 19.6 Å². The summed E-state index contributed by atoms with van der Waals surface area (Å²) in [6.45, 7) is 8.93. The molecule has 114 valence electrons. The van der Waals surface area contributed by atoms with E-state index < -0.39 is 5.60 Å². The van der Waals surface area contributed by atoms with Crippen LogP contribution in [-0.2, 0) is 9.53 Å². The highest BCUT2D eigenvalue weighted by Gasteiger charge is 2.33. The molecule has 2 saturated heterocycles. The van der Waals surface area contributed by atoms with E-state index in [2.05, 4.69) is 5.32 Å². The summed E-state index contributed by atoms with van der Waals surface area (Å²) in [5, 5.41) is 3.20. The van der Waals surface area contributed by atoms with E-state index in [4.69, 9.17) is 4.74 Å². The Kier molecular flexibility index (Phi) is 4.52. The topological polar surface area (TPSA) is 61.9 Å². The molecule has 0 aromatic rings. The molecule has 2 rings (SSSR count). The summed E-state index contributed by atoms with van der Waals surface area (Å²) in [7, 11) is 0. The molecule has 1 N–H and O–H groups in total. The van der Waals surface area contributed by atoms with E-state index >= 15 is 0 Å². The minimum Gasteiger partial charge on any atom is -0.444 e. The second kappa shape index (κ2) is 5.99. The molecule has 0 bridgehead atoms. The zero-order valence-electron chi connectivity index (χ0n) is 12.6. The third-order valence-corrected chi connectivity index (χ3v) is 3.53. The molecule has 2 heterocycles. The number of hydrogen-bond donors (Lipinski definition) is 1.